The van der Waals surface area contributed by atoms with E-state index < -0.39 is 10.0 Å². The molecule has 1 saturated carbocycles. The first-order valence-electron chi connectivity index (χ1n) is 5.71. The van der Waals surface area contributed by atoms with Crippen molar-refractivity contribution in [2.45, 2.75) is 49.3 Å². The number of rotatable bonds is 3. The molecule has 0 bridgehead atoms. The summed E-state index contributed by atoms with van der Waals surface area (Å²) in [4.78, 5) is 13.3. The van der Waals surface area contributed by atoms with Gasteiger partial charge in [-0.15, -0.1) is 0 Å². The predicted octanol–water partition coefficient (Wildman–Crippen LogP) is 1.36. The molecule has 7 heteroatoms. The van der Waals surface area contributed by atoms with Gasteiger partial charge in [-0.05, 0) is 19.8 Å². The standard InChI is InChI=1S/C10H16N2O3S2/c1-7-9(16-10(13)11-7)17(14,15)12-8-5-3-2-4-6-8/h8,12H,2-6H2,1H3,(H,11,13). The molecule has 0 aliphatic heterocycles. The number of thiazole rings is 1. The fourth-order valence-electron chi connectivity index (χ4n) is 2.14. The summed E-state index contributed by atoms with van der Waals surface area (Å²) in [5.41, 5.74) is 0.420. The highest BCUT2D eigenvalue weighted by Crippen LogP contribution is 2.21. The van der Waals surface area contributed by atoms with Gasteiger partial charge in [-0.3, -0.25) is 4.79 Å². The van der Waals surface area contributed by atoms with Gasteiger partial charge in [0.25, 0.3) is 10.0 Å². The molecule has 1 aromatic rings. The van der Waals surface area contributed by atoms with E-state index in [-0.39, 0.29) is 15.1 Å². The molecule has 0 radical (unpaired) electrons. The molecule has 1 aliphatic rings. The van der Waals surface area contributed by atoms with Crippen molar-refractivity contribution in [1.82, 2.24) is 9.71 Å². The Kier molecular flexibility index (Phi) is 3.70. The Labute approximate surface area is 104 Å². The van der Waals surface area contributed by atoms with Gasteiger partial charge in [-0.1, -0.05) is 30.6 Å². The molecule has 5 nitrogen and oxygen atoms in total. The maximum atomic E-state index is 12.1. The molecular formula is C10H16N2O3S2. The molecule has 0 saturated heterocycles. The normalized spacial score (nSPS) is 18.4. The van der Waals surface area contributed by atoms with Crippen LogP contribution < -0.4 is 9.60 Å². The predicted molar refractivity (Wildman–Crippen MR) is 66.9 cm³/mol. The number of aryl methyl sites for hydroxylation is 1. The summed E-state index contributed by atoms with van der Waals surface area (Å²) in [5.74, 6) is 0. The SMILES string of the molecule is Cc1[nH]c(=O)sc1S(=O)(=O)NC1CCCCC1. The fraction of sp³-hybridized carbons (Fsp3) is 0.700. The number of hydrogen-bond acceptors (Lipinski definition) is 4. The minimum Gasteiger partial charge on any atom is -0.315 e. The van der Waals surface area contributed by atoms with Gasteiger partial charge < -0.3 is 4.98 Å². The first kappa shape index (κ1) is 12.8. The van der Waals surface area contributed by atoms with Crippen molar-refractivity contribution in [1.29, 1.82) is 0 Å². The molecule has 1 aliphatic carbocycles. The highest BCUT2D eigenvalue weighted by Gasteiger charge is 2.25. The second-order valence-electron chi connectivity index (χ2n) is 4.38. The number of H-pyrrole nitrogens is 1. The van der Waals surface area contributed by atoms with Crippen LogP contribution in [-0.4, -0.2) is 19.4 Å². The van der Waals surface area contributed by atoms with E-state index in [1.807, 2.05) is 0 Å². The number of nitrogens with one attached hydrogen (secondary N) is 2. The number of aromatic amines is 1. The van der Waals surface area contributed by atoms with Gasteiger partial charge in [0.15, 0.2) is 4.21 Å². The van der Waals surface area contributed by atoms with Gasteiger partial charge in [-0.2, -0.15) is 0 Å². The van der Waals surface area contributed by atoms with E-state index in [0.29, 0.717) is 5.69 Å². The third kappa shape index (κ3) is 2.97. The van der Waals surface area contributed by atoms with Gasteiger partial charge >= 0.3 is 4.87 Å². The third-order valence-electron chi connectivity index (χ3n) is 2.95. The minimum absolute atomic E-state index is 0.0188. The Morgan fingerprint density at radius 2 is 1.94 bits per heavy atom. The van der Waals surface area contributed by atoms with Crippen LogP contribution in [-0.2, 0) is 10.0 Å². The van der Waals surface area contributed by atoms with Crippen LogP contribution in [0.15, 0.2) is 9.00 Å². The molecule has 0 atom stereocenters. The summed E-state index contributed by atoms with van der Waals surface area (Å²) in [7, 11) is -3.53. The van der Waals surface area contributed by atoms with Crippen LogP contribution in [0.2, 0.25) is 0 Å². The van der Waals surface area contributed by atoms with Gasteiger partial charge in [0.05, 0.1) is 0 Å². The van der Waals surface area contributed by atoms with Crippen LogP contribution in [0.4, 0.5) is 0 Å². The largest absolute Gasteiger partial charge is 0.315 e. The Morgan fingerprint density at radius 3 is 2.47 bits per heavy atom. The van der Waals surface area contributed by atoms with Gasteiger partial charge in [0, 0.05) is 11.7 Å². The third-order valence-corrected chi connectivity index (χ3v) is 6.08. The Bertz CT molecular complexity index is 538. The van der Waals surface area contributed by atoms with Crippen molar-refractivity contribution in [2.75, 3.05) is 0 Å². The molecule has 0 spiro atoms. The van der Waals surface area contributed by atoms with E-state index in [1.54, 1.807) is 6.92 Å². The zero-order valence-corrected chi connectivity index (χ0v) is 11.3. The number of aromatic nitrogens is 1. The second-order valence-corrected chi connectivity index (χ2v) is 7.28. The molecule has 0 amide bonds. The van der Waals surface area contributed by atoms with E-state index in [2.05, 4.69) is 9.71 Å². The van der Waals surface area contributed by atoms with Gasteiger partial charge in [-0.25, -0.2) is 13.1 Å². The van der Waals surface area contributed by atoms with Gasteiger partial charge in [0.1, 0.15) is 0 Å². The average Bonchev–Trinajstić information content (AvgIpc) is 2.59. The van der Waals surface area contributed by atoms with Crippen molar-refractivity contribution in [3.05, 3.63) is 15.4 Å². The van der Waals surface area contributed by atoms with E-state index in [9.17, 15) is 13.2 Å². The second kappa shape index (κ2) is 4.91. The molecule has 0 unspecified atom stereocenters. The van der Waals surface area contributed by atoms with Crippen molar-refractivity contribution in [3.8, 4) is 0 Å². The number of hydrogen-bond donors (Lipinski definition) is 2. The summed E-state index contributed by atoms with van der Waals surface area (Å²) in [5, 5.41) is 0. The fourth-order valence-corrected chi connectivity index (χ4v) is 4.76. The molecule has 1 aromatic heterocycles. The van der Waals surface area contributed by atoms with Crippen LogP contribution in [0.5, 0.6) is 0 Å². The van der Waals surface area contributed by atoms with E-state index in [4.69, 9.17) is 0 Å². The zero-order valence-electron chi connectivity index (χ0n) is 9.65. The number of sulfonamides is 1. The molecule has 1 heterocycles. The Balaban J connectivity index is 2.18. The maximum absolute atomic E-state index is 12.1. The molecule has 1 fully saturated rings. The summed E-state index contributed by atoms with van der Waals surface area (Å²) in [6.45, 7) is 1.60. The van der Waals surface area contributed by atoms with E-state index in [1.165, 1.54) is 6.42 Å². The lowest BCUT2D eigenvalue weighted by Gasteiger charge is -2.22. The zero-order chi connectivity index (χ0) is 12.5. The highest BCUT2D eigenvalue weighted by atomic mass is 32.2. The summed E-state index contributed by atoms with van der Waals surface area (Å²) >= 11 is 0.748. The monoisotopic (exact) mass is 276 g/mol. The van der Waals surface area contributed by atoms with Gasteiger partial charge in [0.2, 0.25) is 0 Å². The van der Waals surface area contributed by atoms with Crippen molar-refractivity contribution < 1.29 is 8.42 Å². The van der Waals surface area contributed by atoms with Crippen LogP contribution in [0.1, 0.15) is 37.8 Å². The van der Waals surface area contributed by atoms with Crippen LogP contribution in [0.3, 0.4) is 0 Å². The Hall–Kier alpha value is -0.660. The first-order chi connectivity index (χ1) is 7.99. The lowest BCUT2D eigenvalue weighted by molar-refractivity contribution is 0.412. The lowest BCUT2D eigenvalue weighted by Crippen LogP contribution is -2.36. The summed E-state index contributed by atoms with van der Waals surface area (Å²) in [6.07, 6.45) is 5.08. The topological polar surface area (TPSA) is 79.0 Å². The smallest absolute Gasteiger partial charge is 0.305 e. The van der Waals surface area contributed by atoms with Crippen LogP contribution in [0, 0.1) is 6.92 Å². The molecule has 2 N–H and O–H groups in total. The lowest BCUT2D eigenvalue weighted by atomic mass is 9.96. The van der Waals surface area contributed by atoms with E-state index in [0.717, 1.165) is 37.0 Å². The van der Waals surface area contributed by atoms with Crippen LogP contribution in [0.25, 0.3) is 0 Å². The highest BCUT2D eigenvalue weighted by molar-refractivity contribution is 7.91. The molecule has 17 heavy (non-hydrogen) atoms. The Morgan fingerprint density at radius 1 is 1.29 bits per heavy atom. The average molecular weight is 276 g/mol. The maximum Gasteiger partial charge on any atom is 0.305 e. The van der Waals surface area contributed by atoms with Crippen molar-refractivity contribution >= 4 is 21.4 Å². The van der Waals surface area contributed by atoms with E-state index >= 15 is 0 Å². The summed E-state index contributed by atoms with van der Waals surface area (Å²) in [6, 6.07) is 0.0188. The molecule has 96 valence electrons. The molecular weight excluding hydrogens is 260 g/mol. The van der Waals surface area contributed by atoms with Crippen molar-refractivity contribution in [3.63, 3.8) is 0 Å². The molecule has 0 aromatic carbocycles. The molecule has 2 rings (SSSR count). The minimum atomic E-state index is -3.53. The quantitative estimate of drug-likeness (QED) is 0.874. The van der Waals surface area contributed by atoms with Crippen LogP contribution >= 0.6 is 11.3 Å². The summed E-state index contributed by atoms with van der Waals surface area (Å²) < 4.78 is 27.0. The van der Waals surface area contributed by atoms with Crippen molar-refractivity contribution in [2.24, 2.45) is 0 Å². The first-order valence-corrected chi connectivity index (χ1v) is 8.01.